The molecule has 0 aliphatic heterocycles. The number of pyridine rings is 1. The molecule has 0 bridgehead atoms. The van der Waals surface area contributed by atoms with Crippen LogP contribution in [0.25, 0.3) is 10.9 Å². The molecule has 0 saturated heterocycles. The molecule has 7 nitrogen and oxygen atoms in total. The van der Waals surface area contributed by atoms with Crippen LogP contribution in [0.4, 0.5) is 8.78 Å². The molecule has 0 saturated carbocycles. The van der Waals surface area contributed by atoms with Crippen molar-refractivity contribution in [2.45, 2.75) is 6.92 Å². The van der Waals surface area contributed by atoms with Crippen molar-refractivity contribution in [2.75, 3.05) is 19.1 Å². The summed E-state index contributed by atoms with van der Waals surface area (Å²) in [4.78, 5) is 34.9. The highest BCUT2D eigenvalue weighted by Crippen LogP contribution is 2.29. The van der Waals surface area contributed by atoms with Gasteiger partial charge in [-0.3, -0.25) is 19.7 Å². The Morgan fingerprint density at radius 3 is 2.70 bits per heavy atom. The van der Waals surface area contributed by atoms with Crippen molar-refractivity contribution < 1.29 is 27.8 Å². The Hall–Kier alpha value is -2.97. The highest BCUT2D eigenvalue weighted by atomic mass is 19.2. The van der Waals surface area contributed by atoms with E-state index in [1.807, 2.05) is 0 Å². The number of halogens is 2. The Kier molecular flexibility index (Phi) is 4.58. The van der Waals surface area contributed by atoms with E-state index in [0.717, 1.165) is 18.0 Å². The number of carbonyl (C=O) groups excluding carboxylic acids is 2. The fraction of sp³-hybridized carbons (Fsp3) is 0.214. The third-order valence-electron chi connectivity index (χ3n) is 3.03. The van der Waals surface area contributed by atoms with Gasteiger partial charge in [-0.25, -0.2) is 9.18 Å². The Morgan fingerprint density at radius 1 is 1.43 bits per heavy atom. The van der Waals surface area contributed by atoms with Gasteiger partial charge in [0.1, 0.15) is 11.1 Å². The lowest BCUT2D eigenvalue weighted by Gasteiger charge is -2.15. The molecule has 2 aromatic rings. The zero-order valence-electron chi connectivity index (χ0n) is 12.2. The summed E-state index contributed by atoms with van der Waals surface area (Å²) < 4.78 is 37.9. The lowest BCUT2D eigenvalue weighted by molar-refractivity contribution is -0.106. The second kappa shape index (κ2) is 6.42. The van der Waals surface area contributed by atoms with Crippen LogP contribution in [-0.2, 0) is 9.53 Å². The second-order valence-electron chi connectivity index (χ2n) is 4.31. The van der Waals surface area contributed by atoms with Gasteiger partial charge in [-0.15, -0.1) is 0 Å². The number of hydrogen-bond donors (Lipinski definition) is 1. The van der Waals surface area contributed by atoms with E-state index in [0.29, 0.717) is 6.07 Å². The van der Waals surface area contributed by atoms with Crippen molar-refractivity contribution in [1.82, 2.24) is 4.68 Å². The summed E-state index contributed by atoms with van der Waals surface area (Å²) in [6, 6.07) is 0.626. The molecule has 0 unspecified atom stereocenters. The molecule has 1 aromatic carbocycles. The number of nitrogens with zero attached hydrogens (tertiary/aromatic N) is 1. The molecule has 1 amide bonds. The van der Waals surface area contributed by atoms with Gasteiger partial charge in [0.25, 0.3) is 0 Å². The number of fused-ring (bicyclic) bond motifs is 1. The minimum Gasteiger partial charge on any atom is -0.491 e. The molecular weight excluding hydrogens is 314 g/mol. The van der Waals surface area contributed by atoms with Crippen molar-refractivity contribution in [3.63, 3.8) is 0 Å². The number of benzene rings is 1. The molecule has 0 aliphatic carbocycles. The fourth-order valence-electron chi connectivity index (χ4n) is 2.10. The average Bonchev–Trinajstić information content (AvgIpc) is 2.52. The quantitative estimate of drug-likeness (QED) is 0.658. The van der Waals surface area contributed by atoms with Crippen LogP contribution in [0.2, 0.25) is 0 Å². The van der Waals surface area contributed by atoms with Crippen LogP contribution in [0.1, 0.15) is 17.3 Å². The number of nitrogens with one attached hydrogen (secondary N) is 1. The maximum Gasteiger partial charge on any atom is 0.343 e. The Balaban J connectivity index is 2.94. The lowest BCUT2D eigenvalue weighted by Crippen LogP contribution is -2.25. The normalized spacial score (nSPS) is 10.4. The maximum absolute atomic E-state index is 13.8. The van der Waals surface area contributed by atoms with Crippen LogP contribution in [0, 0.1) is 11.6 Å². The van der Waals surface area contributed by atoms with Crippen LogP contribution in [-0.4, -0.2) is 30.8 Å². The fourth-order valence-corrected chi connectivity index (χ4v) is 2.10. The molecule has 1 aromatic heterocycles. The van der Waals surface area contributed by atoms with Crippen molar-refractivity contribution in [3.8, 4) is 5.75 Å². The lowest BCUT2D eigenvalue weighted by atomic mass is 10.1. The zero-order chi connectivity index (χ0) is 17.1. The van der Waals surface area contributed by atoms with Crippen LogP contribution in [0.5, 0.6) is 5.75 Å². The summed E-state index contributed by atoms with van der Waals surface area (Å²) in [5.41, 5.74) is 0.613. The number of aromatic nitrogens is 1. The van der Waals surface area contributed by atoms with Gasteiger partial charge in [-0.05, 0) is 13.0 Å². The van der Waals surface area contributed by atoms with Gasteiger partial charge in [-0.2, -0.15) is 4.39 Å². The number of esters is 1. The first-order valence-electron chi connectivity index (χ1n) is 6.44. The molecular formula is C14H12F2N2O5. The summed E-state index contributed by atoms with van der Waals surface area (Å²) in [7, 11) is 1.08. The summed E-state index contributed by atoms with van der Waals surface area (Å²) in [6.45, 7) is 1.55. The van der Waals surface area contributed by atoms with E-state index in [1.54, 1.807) is 6.92 Å². The summed E-state index contributed by atoms with van der Waals surface area (Å²) in [5, 5.41) is -0.347. The minimum atomic E-state index is -1.33. The van der Waals surface area contributed by atoms with E-state index in [2.05, 4.69) is 5.43 Å². The van der Waals surface area contributed by atoms with Crippen LogP contribution >= 0.6 is 0 Å². The van der Waals surface area contributed by atoms with Crippen molar-refractivity contribution in [1.29, 1.82) is 0 Å². The molecule has 23 heavy (non-hydrogen) atoms. The first-order chi connectivity index (χ1) is 11.0. The van der Waals surface area contributed by atoms with Gasteiger partial charge in [0, 0.05) is 6.20 Å². The summed E-state index contributed by atoms with van der Waals surface area (Å²) >= 11 is 0. The molecule has 0 atom stereocenters. The maximum atomic E-state index is 13.8. The highest BCUT2D eigenvalue weighted by molar-refractivity contribution is 5.95. The molecule has 1 heterocycles. The van der Waals surface area contributed by atoms with Gasteiger partial charge in [0.15, 0.2) is 11.6 Å². The molecule has 1 N–H and O–H groups in total. The van der Waals surface area contributed by atoms with Gasteiger partial charge in [-0.1, -0.05) is 0 Å². The summed E-state index contributed by atoms with van der Waals surface area (Å²) in [6.07, 6.45) is 1.19. The number of rotatable bonds is 5. The van der Waals surface area contributed by atoms with Crippen molar-refractivity contribution in [3.05, 3.63) is 39.7 Å². The Labute approximate surface area is 128 Å². The van der Waals surface area contributed by atoms with Gasteiger partial charge in [0.05, 0.1) is 19.1 Å². The minimum absolute atomic E-state index is 0.0124. The van der Waals surface area contributed by atoms with Crippen LogP contribution < -0.4 is 15.6 Å². The summed E-state index contributed by atoms with van der Waals surface area (Å²) in [5.74, 6) is -4.19. The van der Waals surface area contributed by atoms with E-state index in [9.17, 15) is 23.2 Å². The number of hydrogen-bond acceptors (Lipinski definition) is 5. The Morgan fingerprint density at radius 2 is 2.13 bits per heavy atom. The largest absolute Gasteiger partial charge is 0.491 e. The number of carbonyl (C=O) groups is 2. The van der Waals surface area contributed by atoms with Gasteiger partial charge in [0.2, 0.25) is 17.7 Å². The average molecular weight is 326 g/mol. The van der Waals surface area contributed by atoms with E-state index < -0.39 is 34.3 Å². The first-order valence-corrected chi connectivity index (χ1v) is 6.44. The number of ether oxygens (including phenoxy) is 2. The third-order valence-corrected chi connectivity index (χ3v) is 3.03. The predicted molar refractivity (Wildman–Crippen MR) is 76.1 cm³/mol. The van der Waals surface area contributed by atoms with Gasteiger partial charge >= 0.3 is 5.97 Å². The van der Waals surface area contributed by atoms with E-state index in [1.165, 1.54) is 0 Å². The smallest absolute Gasteiger partial charge is 0.343 e. The topological polar surface area (TPSA) is 86.6 Å². The van der Waals surface area contributed by atoms with Crippen LogP contribution in [0.15, 0.2) is 17.1 Å². The first kappa shape index (κ1) is 16.4. The monoisotopic (exact) mass is 326 g/mol. The predicted octanol–water partition coefficient (Wildman–Crippen LogP) is 1.16. The van der Waals surface area contributed by atoms with Crippen molar-refractivity contribution >= 4 is 23.3 Å². The number of methoxy groups -OCH3 is 1. The van der Waals surface area contributed by atoms with Crippen molar-refractivity contribution in [2.24, 2.45) is 0 Å². The zero-order valence-corrected chi connectivity index (χ0v) is 12.2. The van der Waals surface area contributed by atoms with Crippen LogP contribution in [0.3, 0.4) is 0 Å². The second-order valence-corrected chi connectivity index (χ2v) is 4.31. The molecule has 0 aliphatic rings. The van der Waals surface area contributed by atoms with E-state index in [4.69, 9.17) is 9.47 Å². The standard InChI is InChI=1S/C14H12F2N2O5/c1-3-23-14(21)8-5-18(17-6-19)11-7(12(8)20)4-9(15)10(16)13(11)22-2/h4-6H,3H2,1-2H3,(H,17,19). The molecule has 2 rings (SSSR count). The van der Waals surface area contributed by atoms with Gasteiger partial charge < -0.3 is 9.47 Å². The Bertz CT molecular complexity index is 847. The highest BCUT2D eigenvalue weighted by Gasteiger charge is 2.23. The molecule has 0 fully saturated rings. The molecule has 122 valence electrons. The third kappa shape index (κ3) is 2.72. The molecule has 0 radical (unpaired) electrons. The SMILES string of the molecule is CCOC(=O)c1cn(NC=O)c2c(OC)c(F)c(F)cc2c1=O. The molecule has 0 spiro atoms. The van der Waals surface area contributed by atoms with E-state index in [-0.39, 0.29) is 23.9 Å². The number of amides is 1. The van der Waals surface area contributed by atoms with E-state index >= 15 is 0 Å². The molecule has 9 heteroatoms.